The molecule has 24 heavy (non-hydrogen) atoms. The second-order valence-corrected chi connectivity index (χ2v) is 5.95. The standard InChI is InChI=1S/C16H16N2O6/c1-24-12-5-4-10(18(22)23)7-11(12)17-15(19)13-8-2-3-9(6-8)14(13)16(20)21/h2-5,7-9,13-14H,6H2,1H3,(H,17,19)(H,20,21)/p-1/t8-,9+,13-,14+/m1/s1. The van der Waals surface area contributed by atoms with Crippen LogP contribution < -0.4 is 15.2 Å². The summed E-state index contributed by atoms with van der Waals surface area (Å²) in [6.45, 7) is 0. The van der Waals surface area contributed by atoms with Crippen molar-refractivity contribution in [3.63, 3.8) is 0 Å². The van der Waals surface area contributed by atoms with Gasteiger partial charge in [0.2, 0.25) is 5.91 Å². The molecule has 0 heterocycles. The number of rotatable bonds is 5. The first kappa shape index (κ1) is 16.0. The molecule has 4 atom stereocenters. The van der Waals surface area contributed by atoms with E-state index in [1.54, 1.807) is 0 Å². The molecule has 2 bridgehead atoms. The van der Waals surface area contributed by atoms with E-state index in [-0.39, 0.29) is 29.0 Å². The van der Waals surface area contributed by atoms with Crippen molar-refractivity contribution in [2.45, 2.75) is 6.42 Å². The molecule has 8 nitrogen and oxygen atoms in total. The maximum Gasteiger partial charge on any atom is 0.271 e. The highest BCUT2D eigenvalue weighted by Crippen LogP contribution is 2.48. The lowest BCUT2D eigenvalue weighted by molar-refractivity contribution is -0.384. The van der Waals surface area contributed by atoms with Crippen molar-refractivity contribution in [2.75, 3.05) is 12.4 Å². The fourth-order valence-electron chi connectivity index (χ4n) is 3.62. The minimum Gasteiger partial charge on any atom is -0.550 e. The van der Waals surface area contributed by atoms with Crippen molar-refractivity contribution >= 4 is 23.3 Å². The number of fused-ring (bicyclic) bond motifs is 2. The van der Waals surface area contributed by atoms with Crippen molar-refractivity contribution in [2.24, 2.45) is 23.7 Å². The van der Waals surface area contributed by atoms with Gasteiger partial charge in [0.05, 0.1) is 23.6 Å². The van der Waals surface area contributed by atoms with Crippen LogP contribution in [0.5, 0.6) is 5.75 Å². The van der Waals surface area contributed by atoms with E-state index in [1.807, 2.05) is 12.2 Å². The number of non-ortho nitro benzene ring substituents is 1. The predicted molar refractivity (Wildman–Crippen MR) is 81.0 cm³/mol. The van der Waals surface area contributed by atoms with E-state index in [2.05, 4.69) is 5.32 Å². The maximum atomic E-state index is 12.6. The molecular weight excluding hydrogens is 316 g/mol. The first-order valence-corrected chi connectivity index (χ1v) is 7.45. The van der Waals surface area contributed by atoms with Gasteiger partial charge < -0.3 is 20.0 Å². The van der Waals surface area contributed by atoms with E-state index in [0.717, 1.165) is 0 Å². The van der Waals surface area contributed by atoms with Gasteiger partial charge in [0, 0.05) is 24.0 Å². The number of anilines is 1. The van der Waals surface area contributed by atoms with Crippen LogP contribution in [0.2, 0.25) is 0 Å². The van der Waals surface area contributed by atoms with Crippen LogP contribution in [-0.2, 0) is 9.59 Å². The molecule has 0 aliphatic heterocycles. The number of nitrogens with zero attached hydrogens (tertiary/aromatic N) is 1. The minimum absolute atomic E-state index is 0.139. The number of carboxylic acids is 1. The Hall–Kier alpha value is -2.90. The first-order valence-electron chi connectivity index (χ1n) is 7.45. The van der Waals surface area contributed by atoms with Crippen LogP contribution in [0.4, 0.5) is 11.4 Å². The molecule has 0 radical (unpaired) electrons. The molecule has 1 aromatic rings. The summed E-state index contributed by atoms with van der Waals surface area (Å²) in [6, 6.07) is 3.83. The molecule has 8 heteroatoms. The SMILES string of the molecule is COc1ccc([N+](=O)[O-])cc1NC(=O)[C@H]1[C@@H](C(=O)[O-])[C@H]2C=C[C@@H]1C2. The van der Waals surface area contributed by atoms with Crippen molar-refractivity contribution in [3.8, 4) is 5.75 Å². The van der Waals surface area contributed by atoms with Gasteiger partial charge >= 0.3 is 0 Å². The van der Waals surface area contributed by atoms with Crippen molar-refractivity contribution < 1.29 is 24.4 Å². The molecule has 0 aromatic heterocycles. The molecule has 1 fully saturated rings. The largest absolute Gasteiger partial charge is 0.550 e. The third-order valence-electron chi connectivity index (χ3n) is 4.69. The van der Waals surface area contributed by atoms with Crippen molar-refractivity contribution in [3.05, 3.63) is 40.5 Å². The highest BCUT2D eigenvalue weighted by atomic mass is 16.6. The Morgan fingerprint density at radius 3 is 2.50 bits per heavy atom. The van der Waals surface area contributed by atoms with Gasteiger partial charge in [-0.15, -0.1) is 0 Å². The molecule has 3 rings (SSSR count). The second-order valence-electron chi connectivity index (χ2n) is 5.95. The molecule has 1 aromatic carbocycles. The number of nitro benzene ring substituents is 1. The zero-order valence-electron chi connectivity index (χ0n) is 12.8. The third-order valence-corrected chi connectivity index (χ3v) is 4.69. The van der Waals surface area contributed by atoms with Gasteiger partial charge in [0.1, 0.15) is 5.75 Å². The van der Waals surface area contributed by atoms with E-state index < -0.39 is 28.6 Å². The smallest absolute Gasteiger partial charge is 0.271 e. The van der Waals surface area contributed by atoms with E-state index in [9.17, 15) is 24.8 Å². The predicted octanol–water partition coefficient (Wildman–Crippen LogP) is 0.730. The number of amides is 1. The monoisotopic (exact) mass is 331 g/mol. The second kappa shape index (κ2) is 5.95. The van der Waals surface area contributed by atoms with Crippen LogP contribution in [0.15, 0.2) is 30.4 Å². The number of carbonyl (C=O) groups is 2. The lowest BCUT2D eigenvalue weighted by Crippen LogP contribution is -2.42. The van der Waals surface area contributed by atoms with Gasteiger partial charge in [-0.3, -0.25) is 14.9 Å². The van der Waals surface area contributed by atoms with Crippen LogP contribution in [0, 0.1) is 33.8 Å². The van der Waals surface area contributed by atoms with Gasteiger partial charge in [0.25, 0.3) is 5.69 Å². The zero-order valence-corrected chi connectivity index (χ0v) is 12.8. The normalized spacial score (nSPS) is 27.0. The first-order chi connectivity index (χ1) is 11.4. The average molecular weight is 331 g/mol. The Labute approximate surface area is 137 Å². The maximum absolute atomic E-state index is 12.6. The van der Waals surface area contributed by atoms with Crippen molar-refractivity contribution in [1.29, 1.82) is 0 Å². The zero-order chi connectivity index (χ0) is 17.4. The highest BCUT2D eigenvalue weighted by molar-refractivity contribution is 5.97. The molecular formula is C16H15N2O6-. The number of carbonyl (C=O) groups excluding carboxylic acids is 2. The van der Waals surface area contributed by atoms with Crippen LogP contribution >= 0.6 is 0 Å². The Morgan fingerprint density at radius 2 is 1.92 bits per heavy atom. The van der Waals surface area contributed by atoms with Crippen molar-refractivity contribution in [1.82, 2.24) is 0 Å². The van der Waals surface area contributed by atoms with E-state index in [4.69, 9.17) is 4.74 Å². The molecule has 0 spiro atoms. The Balaban J connectivity index is 1.87. The summed E-state index contributed by atoms with van der Waals surface area (Å²) < 4.78 is 5.10. The summed E-state index contributed by atoms with van der Waals surface area (Å²) in [7, 11) is 1.38. The molecule has 0 saturated heterocycles. The number of methoxy groups -OCH3 is 1. The highest BCUT2D eigenvalue weighted by Gasteiger charge is 2.48. The van der Waals surface area contributed by atoms with Crippen LogP contribution in [-0.4, -0.2) is 23.9 Å². The Bertz CT molecular complexity index is 744. The summed E-state index contributed by atoms with van der Waals surface area (Å²) in [5.41, 5.74) is -0.0593. The topological polar surface area (TPSA) is 122 Å². The quantitative estimate of drug-likeness (QED) is 0.482. The lowest BCUT2D eigenvalue weighted by Gasteiger charge is -2.28. The molecule has 1 amide bonds. The number of benzene rings is 1. The summed E-state index contributed by atoms with van der Waals surface area (Å²) in [6.07, 6.45) is 4.25. The van der Waals surface area contributed by atoms with E-state index in [0.29, 0.717) is 6.42 Å². The average Bonchev–Trinajstić information content (AvgIpc) is 3.15. The minimum atomic E-state index is -1.25. The fourth-order valence-corrected chi connectivity index (χ4v) is 3.62. The number of nitro groups is 1. The molecule has 2 aliphatic carbocycles. The van der Waals surface area contributed by atoms with Gasteiger partial charge in [-0.2, -0.15) is 0 Å². The lowest BCUT2D eigenvalue weighted by atomic mass is 9.82. The van der Waals surface area contributed by atoms with Gasteiger partial charge in [-0.1, -0.05) is 12.2 Å². The fraction of sp³-hybridized carbons (Fsp3) is 0.375. The molecule has 0 unspecified atom stereocenters. The Kier molecular flexibility index (Phi) is 3.96. The number of hydrogen-bond donors (Lipinski definition) is 1. The number of ether oxygens (including phenoxy) is 1. The number of carboxylic acid groups (broad SMARTS) is 1. The van der Waals surface area contributed by atoms with Gasteiger partial charge in [0.15, 0.2) is 0 Å². The van der Waals surface area contributed by atoms with Gasteiger partial charge in [-0.05, 0) is 24.3 Å². The summed E-state index contributed by atoms with van der Waals surface area (Å²) in [5, 5.41) is 24.9. The number of aliphatic carboxylic acids is 1. The molecule has 2 aliphatic rings. The number of hydrogen-bond acceptors (Lipinski definition) is 6. The summed E-state index contributed by atoms with van der Waals surface area (Å²) in [5.74, 6) is -3.50. The molecule has 1 saturated carbocycles. The van der Waals surface area contributed by atoms with Crippen LogP contribution in [0.3, 0.4) is 0 Å². The Morgan fingerprint density at radius 1 is 1.25 bits per heavy atom. The third kappa shape index (κ3) is 2.60. The number of nitrogens with one attached hydrogen (secondary N) is 1. The number of allylic oxidation sites excluding steroid dienone is 2. The van der Waals surface area contributed by atoms with Crippen LogP contribution in [0.1, 0.15) is 6.42 Å². The van der Waals surface area contributed by atoms with E-state index in [1.165, 1.54) is 25.3 Å². The summed E-state index contributed by atoms with van der Waals surface area (Å²) >= 11 is 0. The van der Waals surface area contributed by atoms with Gasteiger partial charge in [-0.25, -0.2) is 0 Å². The molecule has 126 valence electrons. The summed E-state index contributed by atoms with van der Waals surface area (Å²) in [4.78, 5) is 34.3. The van der Waals surface area contributed by atoms with Crippen LogP contribution in [0.25, 0.3) is 0 Å². The van der Waals surface area contributed by atoms with E-state index >= 15 is 0 Å². The molecule has 1 N–H and O–H groups in total.